The molecule has 0 bridgehead atoms. The molecular weight excluding hydrogens is 725 g/mol. The van der Waals surface area contributed by atoms with Gasteiger partial charge < -0.3 is 0 Å². The summed E-state index contributed by atoms with van der Waals surface area (Å²) in [7, 11) is 0. The molecule has 1 heterocycles. The number of nitrogens with zero attached hydrogens (tertiary/aromatic N) is 2. The van der Waals surface area contributed by atoms with Crippen molar-refractivity contribution in [2.75, 3.05) is 0 Å². The number of hydrogen-bond acceptors (Lipinski definition) is 2. The zero-order valence-electron chi connectivity index (χ0n) is 33.1. The van der Waals surface area contributed by atoms with Crippen LogP contribution in [0.4, 0.5) is 0 Å². The minimum Gasteiger partial charge on any atom is -0.228 e. The smallest absolute Gasteiger partial charge is 0.160 e. The highest BCUT2D eigenvalue weighted by Crippen LogP contribution is 2.53. The third-order valence-corrected chi connectivity index (χ3v) is 13.0. The first-order valence-corrected chi connectivity index (χ1v) is 20.7. The molecule has 2 heteroatoms. The van der Waals surface area contributed by atoms with E-state index in [1.54, 1.807) is 0 Å². The van der Waals surface area contributed by atoms with Gasteiger partial charge in [0.25, 0.3) is 0 Å². The molecule has 1 atom stereocenters. The van der Waals surface area contributed by atoms with Gasteiger partial charge in [-0.1, -0.05) is 194 Å². The van der Waals surface area contributed by atoms with E-state index in [9.17, 15) is 0 Å². The van der Waals surface area contributed by atoms with Crippen LogP contribution in [0.1, 0.15) is 23.6 Å². The molecule has 2 nitrogen and oxygen atoms in total. The lowest BCUT2D eigenvalue weighted by atomic mass is 9.74. The van der Waals surface area contributed by atoms with E-state index in [4.69, 9.17) is 9.97 Å². The second-order valence-electron chi connectivity index (χ2n) is 16.2. The predicted octanol–water partition coefficient (Wildman–Crippen LogP) is 15.1. The molecule has 1 aliphatic rings. The fraction of sp³-hybridized carbons (Fsp3) is 0.0345. The molecule has 10 aromatic carbocycles. The van der Waals surface area contributed by atoms with Gasteiger partial charge in [-0.05, 0) is 107 Å². The van der Waals surface area contributed by atoms with Crippen molar-refractivity contribution in [2.24, 2.45) is 0 Å². The lowest BCUT2D eigenvalue weighted by Crippen LogP contribution is -2.22. The van der Waals surface area contributed by atoms with Crippen LogP contribution >= 0.6 is 0 Å². The zero-order chi connectivity index (χ0) is 39.8. The summed E-state index contributed by atoms with van der Waals surface area (Å²) < 4.78 is 0. The highest BCUT2D eigenvalue weighted by molar-refractivity contribution is 6.25. The zero-order valence-corrected chi connectivity index (χ0v) is 33.1. The van der Waals surface area contributed by atoms with E-state index >= 15 is 0 Å². The summed E-state index contributed by atoms with van der Waals surface area (Å²) in [5, 5.41) is 9.85. The van der Waals surface area contributed by atoms with Gasteiger partial charge >= 0.3 is 0 Å². The van der Waals surface area contributed by atoms with Gasteiger partial charge in [0.2, 0.25) is 0 Å². The van der Waals surface area contributed by atoms with Gasteiger partial charge in [0.1, 0.15) is 0 Å². The Hall–Kier alpha value is -7.68. The van der Waals surface area contributed by atoms with Gasteiger partial charge in [0, 0.05) is 22.1 Å². The molecule has 1 aromatic heterocycles. The van der Waals surface area contributed by atoms with E-state index in [2.05, 4.69) is 213 Å². The standard InChI is InChI=1S/C58H38N2/c1-58(40-18-6-3-7-19-40)53-27-15-14-26-49(53)50-31-28-38(35-54(50)58)41-32-33-51(46-24-12-8-20-42(41)46)56-36-55(59-57(60-56)37-16-4-2-5-17-37)39-29-30-48-45-23-10-9-21-43(45)44-22-11-13-25-47(44)52(48)34-39/h2-36H,1H3. The molecule has 11 aromatic rings. The largest absolute Gasteiger partial charge is 0.228 e. The van der Waals surface area contributed by atoms with Crippen LogP contribution in [0.15, 0.2) is 212 Å². The van der Waals surface area contributed by atoms with Crippen molar-refractivity contribution < 1.29 is 0 Å². The summed E-state index contributed by atoms with van der Waals surface area (Å²) in [5.74, 6) is 0.707. The molecule has 280 valence electrons. The first-order valence-electron chi connectivity index (χ1n) is 20.7. The van der Waals surface area contributed by atoms with E-state index in [1.807, 2.05) is 6.07 Å². The molecule has 0 fully saturated rings. The number of fused-ring (bicyclic) bond motifs is 10. The first kappa shape index (κ1) is 34.4. The van der Waals surface area contributed by atoms with Crippen LogP contribution in [0.25, 0.3) is 99.2 Å². The maximum atomic E-state index is 5.32. The molecule has 0 spiro atoms. The normalized spacial score (nSPS) is 14.5. The Morgan fingerprint density at radius 2 is 0.800 bits per heavy atom. The van der Waals surface area contributed by atoms with Crippen molar-refractivity contribution in [2.45, 2.75) is 12.3 Å². The summed E-state index contributed by atoms with van der Waals surface area (Å²) in [6.07, 6.45) is 0. The van der Waals surface area contributed by atoms with Crippen LogP contribution in [0.2, 0.25) is 0 Å². The fourth-order valence-corrected chi connectivity index (χ4v) is 10.0. The summed E-state index contributed by atoms with van der Waals surface area (Å²) >= 11 is 0. The Bertz CT molecular complexity index is 3460. The van der Waals surface area contributed by atoms with Crippen LogP contribution in [0.5, 0.6) is 0 Å². The van der Waals surface area contributed by atoms with E-state index in [0.717, 1.165) is 33.5 Å². The van der Waals surface area contributed by atoms with Crippen LogP contribution in [-0.4, -0.2) is 9.97 Å². The van der Waals surface area contributed by atoms with E-state index in [1.165, 1.54) is 76.6 Å². The summed E-state index contributed by atoms with van der Waals surface area (Å²) in [5.41, 5.74) is 13.7. The number of benzene rings is 10. The number of aromatic nitrogens is 2. The number of hydrogen-bond donors (Lipinski definition) is 0. The average molecular weight is 763 g/mol. The summed E-state index contributed by atoms with van der Waals surface area (Å²) in [6, 6.07) is 77.1. The van der Waals surface area contributed by atoms with Crippen LogP contribution in [0.3, 0.4) is 0 Å². The molecule has 0 saturated carbocycles. The molecule has 1 unspecified atom stereocenters. The Morgan fingerprint density at radius 1 is 0.300 bits per heavy atom. The van der Waals surface area contributed by atoms with Crippen molar-refractivity contribution in [3.05, 3.63) is 229 Å². The Kier molecular flexibility index (Phi) is 7.70. The maximum Gasteiger partial charge on any atom is 0.160 e. The molecule has 0 saturated heterocycles. The SMILES string of the molecule is CC1(c2ccccc2)c2ccccc2-c2ccc(-c3ccc(-c4cc(-c5ccc6c7ccccc7c7ccccc7c6c5)nc(-c5ccccc5)n4)c4ccccc34)cc21. The summed E-state index contributed by atoms with van der Waals surface area (Å²) in [4.78, 5) is 10.6. The van der Waals surface area contributed by atoms with Crippen LogP contribution in [-0.2, 0) is 5.41 Å². The second-order valence-corrected chi connectivity index (χ2v) is 16.2. The third-order valence-electron chi connectivity index (χ3n) is 13.0. The van der Waals surface area contributed by atoms with Crippen LogP contribution in [0, 0.1) is 0 Å². The topological polar surface area (TPSA) is 25.8 Å². The lowest BCUT2D eigenvalue weighted by molar-refractivity contribution is 0.714. The predicted molar refractivity (Wildman–Crippen MR) is 251 cm³/mol. The van der Waals surface area contributed by atoms with Gasteiger partial charge in [-0.2, -0.15) is 0 Å². The van der Waals surface area contributed by atoms with Crippen molar-refractivity contribution in [3.8, 4) is 56.2 Å². The van der Waals surface area contributed by atoms with Gasteiger partial charge in [-0.25, -0.2) is 9.97 Å². The average Bonchev–Trinajstić information content (AvgIpc) is 3.59. The monoisotopic (exact) mass is 762 g/mol. The first-order chi connectivity index (χ1) is 29.6. The molecule has 0 N–H and O–H groups in total. The van der Waals surface area contributed by atoms with E-state index in [0.29, 0.717) is 5.82 Å². The molecule has 60 heavy (non-hydrogen) atoms. The fourth-order valence-electron chi connectivity index (χ4n) is 10.0. The summed E-state index contributed by atoms with van der Waals surface area (Å²) in [6.45, 7) is 2.38. The molecule has 1 aliphatic carbocycles. The lowest BCUT2D eigenvalue weighted by Gasteiger charge is -2.28. The molecule has 0 radical (unpaired) electrons. The highest BCUT2D eigenvalue weighted by Gasteiger charge is 2.40. The third kappa shape index (κ3) is 5.21. The van der Waals surface area contributed by atoms with E-state index < -0.39 is 0 Å². The highest BCUT2D eigenvalue weighted by atomic mass is 14.9. The quantitative estimate of drug-likeness (QED) is 0.163. The second kappa shape index (κ2) is 13.4. The Morgan fingerprint density at radius 3 is 1.52 bits per heavy atom. The molecule has 0 amide bonds. The minimum atomic E-state index is -0.272. The molecule has 0 aliphatic heterocycles. The van der Waals surface area contributed by atoms with Gasteiger partial charge in [-0.15, -0.1) is 0 Å². The van der Waals surface area contributed by atoms with E-state index in [-0.39, 0.29) is 5.41 Å². The Labute approximate surface area is 349 Å². The molecular formula is C58H38N2. The van der Waals surface area contributed by atoms with Gasteiger partial charge in [0.05, 0.1) is 11.4 Å². The molecule has 12 rings (SSSR count). The minimum absolute atomic E-state index is 0.272. The Balaban J connectivity index is 1.04. The van der Waals surface area contributed by atoms with Gasteiger partial charge in [-0.3, -0.25) is 0 Å². The van der Waals surface area contributed by atoms with Crippen molar-refractivity contribution in [3.63, 3.8) is 0 Å². The number of rotatable bonds is 5. The van der Waals surface area contributed by atoms with Gasteiger partial charge in [0.15, 0.2) is 5.82 Å². The maximum absolute atomic E-state index is 5.32. The van der Waals surface area contributed by atoms with Crippen molar-refractivity contribution in [1.29, 1.82) is 0 Å². The van der Waals surface area contributed by atoms with Crippen LogP contribution < -0.4 is 0 Å². The van der Waals surface area contributed by atoms with Crippen molar-refractivity contribution in [1.82, 2.24) is 9.97 Å². The van der Waals surface area contributed by atoms with Crippen molar-refractivity contribution >= 4 is 43.1 Å².